The molecule has 1 spiro atoms. The molecule has 202 valence electrons. The first-order valence-electron chi connectivity index (χ1n) is 14.7. The van der Waals surface area contributed by atoms with E-state index >= 15 is 0 Å². The van der Waals surface area contributed by atoms with E-state index in [1.165, 1.54) is 32.1 Å². The third-order valence-corrected chi connectivity index (χ3v) is 8.52. The number of hydrogen-bond acceptors (Lipinski definition) is 4. The van der Waals surface area contributed by atoms with Gasteiger partial charge in [0.15, 0.2) is 0 Å². The van der Waals surface area contributed by atoms with Crippen LogP contribution in [-0.4, -0.2) is 61.1 Å². The van der Waals surface area contributed by atoms with Gasteiger partial charge in [0.25, 0.3) is 0 Å². The number of nitrogens with one attached hydrogen (secondary N) is 2. The maximum absolute atomic E-state index is 13.9. The molecule has 35 heavy (non-hydrogen) atoms. The van der Waals surface area contributed by atoms with Crippen LogP contribution in [0.15, 0.2) is 0 Å². The van der Waals surface area contributed by atoms with Gasteiger partial charge in [0.2, 0.25) is 11.8 Å². The Morgan fingerprint density at radius 1 is 0.857 bits per heavy atom. The molecular weight excluding hydrogens is 438 g/mol. The van der Waals surface area contributed by atoms with Crippen molar-refractivity contribution in [3.63, 3.8) is 0 Å². The maximum atomic E-state index is 13.9. The van der Waals surface area contributed by atoms with E-state index in [0.717, 1.165) is 64.6 Å². The van der Waals surface area contributed by atoms with Crippen molar-refractivity contribution in [1.82, 2.24) is 15.5 Å². The summed E-state index contributed by atoms with van der Waals surface area (Å²) < 4.78 is 5.99. The lowest BCUT2D eigenvalue weighted by atomic mass is 9.72. The number of ether oxygens (including phenoxy) is 1. The first-order valence-corrected chi connectivity index (χ1v) is 14.7. The molecule has 1 saturated carbocycles. The van der Waals surface area contributed by atoms with E-state index in [1.807, 2.05) is 0 Å². The average Bonchev–Trinajstić information content (AvgIpc) is 2.82. The van der Waals surface area contributed by atoms with Gasteiger partial charge < -0.3 is 20.3 Å². The first-order chi connectivity index (χ1) is 16.8. The van der Waals surface area contributed by atoms with Crippen LogP contribution < -0.4 is 10.6 Å². The topological polar surface area (TPSA) is 70.7 Å². The molecule has 0 aromatic heterocycles. The van der Waals surface area contributed by atoms with Gasteiger partial charge in [-0.25, -0.2) is 0 Å². The van der Waals surface area contributed by atoms with Gasteiger partial charge in [0.1, 0.15) is 6.04 Å². The zero-order chi connectivity index (χ0) is 25.3. The lowest BCUT2D eigenvalue weighted by Gasteiger charge is -2.45. The molecule has 2 N–H and O–H groups in total. The fourth-order valence-electron chi connectivity index (χ4n) is 6.48. The summed E-state index contributed by atoms with van der Waals surface area (Å²) in [6.45, 7) is 11.9. The lowest BCUT2D eigenvalue weighted by molar-refractivity contribution is -0.139. The summed E-state index contributed by atoms with van der Waals surface area (Å²) in [5.74, 6) is 0.871. The molecule has 2 saturated heterocycles. The van der Waals surface area contributed by atoms with Crippen LogP contribution in [0, 0.1) is 17.3 Å². The van der Waals surface area contributed by atoms with Crippen LogP contribution in [0.2, 0.25) is 0 Å². The van der Waals surface area contributed by atoms with Crippen molar-refractivity contribution in [2.45, 2.75) is 129 Å². The van der Waals surface area contributed by atoms with Crippen LogP contribution in [0.25, 0.3) is 0 Å². The number of hydrogen-bond donors (Lipinski definition) is 2. The van der Waals surface area contributed by atoms with Crippen molar-refractivity contribution in [1.29, 1.82) is 0 Å². The summed E-state index contributed by atoms with van der Waals surface area (Å²) in [4.78, 5) is 30.0. The number of amides is 2. The minimum absolute atomic E-state index is 0.00954. The van der Waals surface area contributed by atoms with Crippen molar-refractivity contribution in [3.05, 3.63) is 0 Å². The fourth-order valence-corrected chi connectivity index (χ4v) is 6.48. The second-order valence-corrected chi connectivity index (χ2v) is 12.5. The Balaban J connectivity index is 1.73. The van der Waals surface area contributed by atoms with Gasteiger partial charge in [-0.3, -0.25) is 9.59 Å². The van der Waals surface area contributed by atoms with Gasteiger partial charge in [-0.15, -0.1) is 0 Å². The molecule has 0 aromatic rings. The zero-order valence-corrected chi connectivity index (χ0v) is 23.1. The summed E-state index contributed by atoms with van der Waals surface area (Å²) in [5, 5.41) is 6.50. The fraction of sp³-hybridized carbons (Fsp3) is 0.931. The highest BCUT2D eigenvalue weighted by atomic mass is 16.5. The number of carbonyl (C=O) groups excluding carboxylic acids is 2. The molecule has 2 aliphatic heterocycles. The predicted molar refractivity (Wildman–Crippen MR) is 142 cm³/mol. The van der Waals surface area contributed by atoms with Crippen molar-refractivity contribution < 1.29 is 14.3 Å². The molecule has 2 heterocycles. The van der Waals surface area contributed by atoms with E-state index in [2.05, 4.69) is 43.2 Å². The van der Waals surface area contributed by atoms with Gasteiger partial charge in [0, 0.05) is 12.6 Å². The quantitative estimate of drug-likeness (QED) is 0.564. The summed E-state index contributed by atoms with van der Waals surface area (Å²) in [6.07, 6.45) is 14.2. The Bertz CT molecular complexity index is 652. The molecule has 0 bridgehead atoms. The standard InChI is InChI=1S/C29H53N3O3/c1-22(2)19-24-21-35-18-10-6-9-13-29(28(34)31-26(20-23(3)4)27(33)30-24)14-16-32(17-15-29)25-11-7-5-8-12-25/h22-26H,5-21H2,1-4H3,(H,30,33)(H,31,34)/t24-,26-/m0/s1. The molecule has 0 unspecified atom stereocenters. The summed E-state index contributed by atoms with van der Waals surface area (Å²) in [7, 11) is 0. The summed E-state index contributed by atoms with van der Waals surface area (Å²) in [5.41, 5.74) is -0.344. The van der Waals surface area contributed by atoms with E-state index in [4.69, 9.17) is 4.74 Å². The van der Waals surface area contributed by atoms with Gasteiger partial charge >= 0.3 is 0 Å². The highest BCUT2D eigenvalue weighted by molar-refractivity contribution is 5.90. The van der Waals surface area contributed by atoms with Crippen LogP contribution in [0.4, 0.5) is 0 Å². The van der Waals surface area contributed by atoms with Crippen LogP contribution in [0.3, 0.4) is 0 Å². The smallest absolute Gasteiger partial charge is 0.242 e. The average molecular weight is 492 g/mol. The monoisotopic (exact) mass is 491 g/mol. The third kappa shape index (κ3) is 8.73. The largest absolute Gasteiger partial charge is 0.379 e. The molecule has 0 aromatic carbocycles. The Morgan fingerprint density at radius 3 is 2.17 bits per heavy atom. The van der Waals surface area contributed by atoms with Crippen molar-refractivity contribution in [2.75, 3.05) is 26.3 Å². The molecule has 1 aliphatic carbocycles. The molecule has 3 rings (SSSR count). The minimum Gasteiger partial charge on any atom is -0.379 e. The summed E-state index contributed by atoms with van der Waals surface area (Å²) >= 11 is 0. The summed E-state index contributed by atoms with van der Waals surface area (Å²) in [6, 6.07) is 0.218. The normalized spacial score (nSPS) is 28.6. The second-order valence-electron chi connectivity index (χ2n) is 12.5. The number of likely N-dealkylation sites (tertiary alicyclic amines) is 1. The molecular formula is C29H53N3O3. The van der Waals surface area contributed by atoms with Crippen molar-refractivity contribution in [2.24, 2.45) is 17.3 Å². The van der Waals surface area contributed by atoms with E-state index in [1.54, 1.807) is 0 Å². The third-order valence-electron chi connectivity index (χ3n) is 8.52. The van der Waals surface area contributed by atoms with E-state index in [-0.39, 0.29) is 23.3 Å². The number of rotatable bonds is 5. The number of nitrogens with zero attached hydrogens (tertiary/aromatic N) is 1. The van der Waals surface area contributed by atoms with E-state index in [0.29, 0.717) is 30.9 Å². The maximum Gasteiger partial charge on any atom is 0.242 e. The predicted octanol–water partition coefficient (Wildman–Crippen LogP) is 5.05. The molecule has 3 aliphatic rings. The molecule has 0 radical (unpaired) electrons. The second kappa shape index (κ2) is 14.0. The molecule has 6 nitrogen and oxygen atoms in total. The van der Waals surface area contributed by atoms with Gasteiger partial charge in [0.05, 0.1) is 18.1 Å². The minimum atomic E-state index is -0.478. The van der Waals surface area contributed by atoms with Crippen LogP contribution in [0.1, 0.15) is 111 Å². The molecule has 3 fully saturated rings. The highest BCUT2D eigenvalue weighted by Crippen LogP contribution is 2.39. The van der Waals surface area contributed by atoms with E-state index < -0.39 is 6.04 Å². The molecule has 2 atom stereocenters. The van der Waals surface area contributed by atoms with Crippen molar-refractivity contribution in [3.8, 4) is 0 Å². The highest BCUT2D eigenvalue weighted by Gasteiger charge is 2.43. The van der Waals surface area contributed by atoms with Crippen LogP contribution >= 0.6 is 0 Å². The van der Waals surface area contributed by atoms with E-state index in [9.17, 15) is 9.59 Å². The van der Waals surface area contributed by atoms with Crippen molar-refractivity contribution >= 4 is 11.8 Å². The number of piperidine rings is 1. The van der Waals surface area contributed by atoms with Crippen LogP contribution in [-0.2, 0) is 14.3 Å². The molecule has 6 heteroatoms. The Morgan fingerprint density at radius 2 is 1.51 bits per heavy atom. The Labute approximate surface area is 214 Å². The molecule has 2 amide bonds. The SMILES string of the molecule is CC(C)C[C@H]1COCCCCCC2(CCN(C3CCCCC3)CC2)C(=O)N[C@@H](CC(C)C)C(=O)N1. The van der Waals surface area contributed by atoms with Gasteiger partial charge in [-0.05, 0) is 76.3 Å². The first kappa shape index (κ1) is 28.4. The number of carbonyl (C=O) groups is 2. The van der Waals surface area contributed by atoms with Gasteiger partial charge in [-0.1, -0.05) is 59.8 Å². The van der Waals surface area contributed by atoms with Gasteiger partial charge in [-0.2, -0.15) is 0 Å². The Kier molecular flexibility index (Phi) is 11.3. The van der Waals surface area contributed by atoms with Crippen LogP contribution in [0.5, 0.6) is 0 Å². The zero-order valence-electron chi connectivity index (χ0n) is 23.1. The lowest BCUT2D eigenvalue weighted by Crippen LogP contribution is -2.57. The Hall–Kier alpha value is -1.14.